The van der Waals surface area contributed by atoms with Gasteiger partial charge in [-0.15, -0.1) is 10.2 Å². The van der Waals surface area contributed by atoms with Crippen LogP contribution < -0.4 is 0 Å². The highest BCUT2D eigenvalue weighted by molar-refractivity contribution is 7.99. The fraction of sp³-hybridized carbons (Fsp3) is 0.167. The second-order valence-corrected chi connectivity index (χ2v) is 8.07. The molecular formula is C24H22N4OS. The van der Waals surface area contributed by atoms with E-state index < -0.39 is 0 Å². The third-order valence-electron chi connectivity index (χ3n) is 5.00. The molecule has 0 fully saturated rings. The van der Waals surface area contributed by atoms with Gasteiger partial charge in [0.15, 0.2) is 16.8 Å². The number of hydrogen-bond donors (Lipinski definition) is 0. The highest BCUT2D eigenvalue weighted by Gasteiger charge is 2.17. The monoisotopic (exact) mass is 414 g/mol. The number of aryl methyl sites for hydroxylation is 2. The molecule has 4 aromatic rings. The van der Waals surface area contributed by atoms with Gasteiger partial charge in [0, 0.05) is 23.5 Å². The molecule has 0 atom stereocenters. The Balaban J connectivity index is 1.60. The van der Waals surface area contributed by atoms with Crippen molar-refractivity contribution in [2.45, 2.75) is 25.5 Å². The number of thioether (sulfide) groups is 1. The molecule has 0 aliphatic heterocycles. The average Bonchev–Trinajstić information content (AvgIpc) is 3.17. The maximum atomic E-state index is 12.7. The number of Topliss-reactive ketones (excluding diaryl/α,β-unsaturated/α-hetero) is 1. The van der Waals surface area contributed by atoms with E-state index in [4.69, 9.17) is 0 Å². The Bertz CT molecular complexity index is 1160. The Labute approximate surface area is 180 Å². The fourth-order valence-electron chi connectivity index (χ4n) is 3.15. The van der Waals surface area contributed by atoms with E-state index in [9.17, 15) is 4.79 Å². The average molecular weight is 415 g/mol. The van der Waals surface area contributed by atoms with Crippen LogP contribution in [0.15, 0.2) is 78.2 Å². The minimum Gasteiger partial charge on any atom is -0.298 e. The molecule has 0 aliphatic rings. The van der Waals surface area contributed by atoms with Crippen molar-refractivity contribution in [2.24, 2.45) is 0 Å². The first kappa shape index (κ1) is 20.0. The van der Waals surface area contributed by atoms with Gasteiger partial charge in [0.25, 0.3) is 0 Å². The summed E-state index contributed by atoms with van der Waals surface area (Å²) in [5.74, 6) is 1.16. The molecule has 0 saturated carbocycles. The highest BCUT2D eigenvalue weighted by atomic mass is 32.2. The standard InChI is InChI=1S/C24H22N4OS/c1-17-8-9-21(14-18(17)2)22(29)16-30-24-27-26-23(20-10-12-25-13-11-20)28(24)15-19-6-4-3-5-7-19/h3-14H,15-16H2,1-2H3. The molecule has 0 aliphatic carbocycles. The van der Waals surface area contributed by atoms with Crippen LogP contribution >= 0.6 is 11.8 Å². The first-order valence-corrected chi connectivity index (χ1v) is 10.7. The molecule has 0 amide bonds. The van der Waals surface area contributed by atoms with Gasteiger partial charge in [0.2, 0.25) is 0 Å². The topological polar surface area (TPSA) is 60.7 Å². The normalized spacial score (nSPS) is 10.9. The number of benzene rings is 2. The van der Waals surface area contributed by atoms with Gasteiger partial charge in [-0.1, -0.05) is 54.2 Å². The van der Waals surface area contributed by atoms with Gasteiger partial charge in [-0.25, -0.2) is 0 Å². The van der Waals surface area contributed by atoms with Gasteiger partial charge in [-0.05, 0) is 48.7 Å². The van der Waals surface area contributed by atoms with Crippen molar-refractivity contribution < 1.29 is 4.79 Å². The van der Waals surface area contributed by atoms with Crippen molar-refractivity contribution in [2.75, 3.05) is 5.75 Å². The molecule has 0 saturated heterocycles. The van der Waals surface area contributed by atoms with Gasteiger partial charge >= 0.3 is 0 Å². The van der Waals surface area contributed by atoms with Crippen molar-refractivity contribution in [3.05, 3.63) is 95.3 Å². The zero-order valence-electron chi connectivity index (χ0n) is 16.9. The molecular weight excluding hydrogens is 392 g/mol. The van der Waals surface area contributed by atoms with Crippen LogP contribution in [0.3, 0.4) is 0 Å². The van der Waals surface area contributed by atoms with Crippen LogP contribution in [0.1, 0.15) is 27.0 Å². The van der Waals surface area contributed by atoms with E-state index >= 15 is 0 Å². The second kappa shape index (κ2) is 9.05. The van der Waals surface area contributed by atoms with E-state index in [2.05, 4.69) is 31.9 Å². The first-order chi connectivity index (χ1) is 14.6. The van der Waals surface area contributed by atoms with Crippen molar-refractivity contribution in [1.82, 2.24) is 19.7 Å². The number of hydrogen-bond acceptors (Lipinski definition) is 5. The van der Waals surface area contributed by atoms with Gasteiger partial charge in [0.1, 0.15) is 0 Å². The minimum absolute atomic E-state index is 0.0859. The molecule has 30 heavy (non-hydrogen) atoms. The minimum atomic E-state index is 0.0859. The Hall–Kier alpha value is -3.25. The molecule has 2 heterocycles. The first-order valence-electron chi connectivity index (χ1n) is 9.72. The summed E-state index contributed by atoms with van der Waals surface area (Å²) in [6, 6.07) is 19.8. The summed E-state index contributed by atoms with van der Waals surface area (Å²) in [5.41, 5.74) is 5.13. The zero-order chi connectivity index (χ0) is 20.9. The molecule has 2 aromatic heterocycles. The number of carbonyl (C=O) groups is 1. The molecule has 4 rings (SSSR count). The van der Waals surface area contributed by atoms with Crippen molar-refractivity contribution in [1.29, 1.82) is 0 Å². The maximum absolute atomic E-state index is 12.7. The largest absolute Gasteiger partial charge is 0.298 e. The Morgan fingerprint density at radius 3 is 2.43 bits per heavy atom. The molecule has 0 spiro atoms. The predicted molar refractivity (Wildman–Crippen MR) is 120 cm³/mol. The van der Waals surface area contributed by atoms with E-state index in [1.807, 2.05) is 62.4 Å². The van der Waals surface area contributed by atoms with E-state index in [1.165, 1.54) is 17.3 Å². The molecule has 150 valence electrons. The lowest BCUT2D eigenvalue weighted by Crippen LogP contribution is -2.07. The number of carbonyl (C=O) groups excluding carboxylic acids is 1. The fourth-order valence-corrected chi connectivity index (χ4v) is 3.98. The summed E-state index contributed by atoms with van der Waals surface area (Å²) >= 11 is 1.42. The number of pyridine rings is 1. The smallest absolute Gasteiger partial charge is 0.192 e. The number of nitrogens with zero attached hydrogens (tertiary/aromatic N) is 4. The number of rotatable bonds is 7. The summed E-state index contributed by atoms with van der Waals surface area (Å²) in [4.78, 5) is 16.8. The summed E-state index contributed by atoms with van der Waals surface area (Å²) in [6.45, 7) is 4.70. The number of ketones is 1. The second-order valence-electron chi connectivity index (χ2n) is 7.12. The lowest BCUT2D eigenvalue weighted by molar-refractivity contribution is 0.102. The van der Waals surface area contributed by atoms with Gasteiger partial charge < -0.3 is 0 Å². The molecule has 0 radical (unpaired) electrons. The maximum Gasteiger partial charge on any atom is 0.192 e. The molecule has 0 bridgehead atoms. The third kappa shape index (κ3) is 4.49. The zero-order valence-corrected chi connectivity index (χ0v) is 17.8. The van der Waals surface area contributed by atoms with Crippen molar-refractivity contribution >= 4 is 17.5 Å². The summed E-state index contributed by atoms with van der Waals surface area (Å²) in [5, 5.41) is 9.53. The van der Waals surface area contributed by atoms with E-state index in [-0.39, 0.29) is 5.78 Å². The SMILES string of the molecule is Cc1ccc(C(=O)CSc2nnc(-c3ccncc3)n2Cc2ccccc2)cc1C. The molecule has 2 aromatic carbocycles. The van der Waals surface area contributed by atoms with Crippen LogP contribution in [0.5, 0.6) is 0 Å². The van der Waals surface area contributed by atoms with E-state index in [0.717, 1.165) is 33.2 Å². The van der Waals surface area contributed by atoms with Crippen LogP contribution in [0.2, 0.25) is 0 Å². The van der Waals surface area contributed by atoms with Crippen LogP contribution in [-0.2, 0) is 6.54 Å². The van der Waals surface area contributed by atoms with Crippen molar-refractivity contribution in [3.63, 3.8) is 0 Å². The Morgan fingerprint density at radius 1 is 0.933 bits per heavy atom. The summed E-state index contributed by atoms with van der Waals surface area (Å²) < 4.78 is 2.06. The van der Waals surface area contributed by atoms with Crippen LogP contribution in [0.4, 0.5) is 0 Å². The lowest BCUT2D eigenvalue weighted by atomic mass is 10.0. The van der Waals surface area contributed by atoms with E-state index in [0.29, 0.717) is 12.3 Å². The molecule has 6 heteroatoms. The third-order valence-corrected chi connectivity index (χ3v) is 5.97. The lowest BCUT2D eigenvalue weighted by Gasteiger charge is -2.10. The van der Waals surface area contributed by atoms with Crippen LogP contribution in [0, 0.1) is 13.8 Å². The summed E-state index contributed by atoms with van der Waals surface area (Å²) in [7, 11) is 0. The van der Waals surface area contributed by atoms with Crippen LogP contribution in [-0.4, -0.2) is 31.3 Å². The molecule has 0 N–H and O–H groups in total. The summed E-state index contributed by atoms with van der Waals surface area (Å²) in [6.07, 6.45) is 3.49. The predicted octanol–water partition coefficient (Wildman–Crippen LogP) is 4.98. The van der Waals surface area contributed by atoms with E-state index in [1.54, 1.807) is 12.4 Å². The quantitative estimate of drug-likeness (QED) is 0.315. The highest BCUT2D eigenvalue weighted by Crippen LogP contribution is 2.25. The Kier molecular flexibility index (Phi) is 6.05. The molecule has 5 nitrogen and oxygen atoms in total. The molecule has 0 unspecified atom stereocenters. The Morgan fingerprint density at radius 2 is 1.70 bits per heavy atom. The van der Waals surface area contributed by atoms with Crippen molar-refractivity contribution in [3.8, 4) is 11.4 Å². The number of aromatic nitrogens is 4. The van der Waals surface area contributed by atoms with Gasteiger partial charge in [-0.2, -0.15) is 0 Å². The van der Waals surface area contributed by atoms with Gasteiger partial charge in [0.05, 0.1) is 12.3 Å². The van der Waals surface area contributed by atoms with Crippen LogP contribution in [0.25, 0.3) is 11.4 Å². The van der Waals surface area contributed by atoms with Gasteiger partial charge in [-0.3, -0.25) is 14.3 Å².